The standard InChI is InChI=1S/C52H71ClF3N7O7/c1-32(2)26-40-47(66)61(6)43(28-35-27-36(53)17-20-39(35)33-15-18-38(19-16-33)62-22-24-70-25-23-62)48(67)59(4)21-11-9-7-8-10-12-41(45(64)57-40)60(5)49(68)44(34-13-14-34)58-46(65)42-29-37(54)30-63(42)50(69)51(3)31-52(51,55)56/h15-20,27,32,34,37,40-44H,7-14,21-26,28-31H2,1-6H3,(H,57,64)(H,58,65)/t37-,40+,41+,42+,43+,44+,51-/m1/s1. The third kappa shape index (κ3) is 12.1. The first-order chi connectivity index (χ1) is 33.2. The molecule has 70 heavy (non-hydrogen) atoms. The van der Waals surface area contributed by atoms with Crippen LogP contribution in [0.5, 0.6) is 0 Å². The molecule has 3 heterocycles. The van der Waals surface area contributed by atoms with E-state index in [1.54, 1.807) is 25.1 Å². The number of rotatable bonds is 12. The molecule has 5 fully saturated rings. The van der Waals surface area contributed by atoms with Crippen molar-refractivity contribution in [3.8, 4) is 11.1 Å². The van der Waals surface area contributed by atoms with Crippen molar-refractivity contribution in [1.82, 2.24) is 30.2 Å². The van der Waals surface area contributed by atoms with Gasteiger partial charge in [-0.05, 0) is 91.8 Å². The number of nitrogens with zero attached hydrogens (tertiary/aromatic N) is 5. The number of anilines is 1. The Morgan fingerprint density at radius 1 is 0.929 bits per heavy atom. The summed E-state index contributed by atoms with van der Waals surface area (Å²) in [7, 11) is 4.82. The lowest BCUT2D eigenvalue weighted by Gasteiger charge is -2.36. The second kappa shape index (κ2) is 22.3. The monoisotopic (exact) mass is 998 g/mol. The molecule has 2 saturated carbocycles. The zero-order valence-corrected chi connectivity index (χ0v) is 42.2. The van der Waals surface area contributed by atoms with Crippen molar-refractivity contribution in [2.24, 2.45) is 17.3 Å². The molecule has 2 N–H and O–H groups in total. The molecular weight excluding hydrogens is 927 g/mol. The van der Waals surface area contributed by atoms with Crippen LogP contribution in [0.4, 0.5) is 18.9 Å². The van der Waals surface area contributed by atoms with Crippen LogP contribution in [0.1, 0.15) is 97.0 Å². The number of carbonyl (C=O) groups is 6. The van der Waals surface area contributed by atoms with Gasteiger partial charge in [0.25, 0.3) is 5.92 Å². The molecule has 18 heteroatoms. The van der Waals surface area contributed by atoms with Crippen LogP contribution in [0.15, 0.2) is 42.5 Å². The Bertz CT molecular complexity index is 2240. The third-order valence-electron chi connectivity index (χ3n) is 15.1. The molecule has 2 aliphatic carbocycles. The van der Waals surface area contributed by atoms with Crippen molar-refractivity contribution in [3.63, 3.8) is 0 Å². The average molecular weight is 999 g/mol. The van der Waals surface area contributed by atoms with E-state index in [9.17, 15) is 41.9 Å². The molecule has 0 radical (unpaired) electrons. The minimum Gasteiger partial charge on any atom is -0.378 e. The number of morpholine rings is 1. The molecule has 14 nitrogen and oxygen atoms in total. The minimum absolute atomic E-state index is 0.0722. The van der Waals surface area contributed by atoms with E-state index in [1.165, 1.54) is 16.8 Å². The Morgan fingerprint density at radius 2 is 1.59 bits per heavy atom. The molecule has 0 spiro atoms. The zero-order valence-electron chi connectivity index (χ0n) is 41.5. The number of halogens is 4. The average Bonchev–Trinajstić information content (AvgIpc) is 4.22. The van der Waals surface area contributed by atoms with E-state index in [-0.39, 0.29) is 37.0 Å². The zero-order chi connectivity index (χ0) is 50.7. The molecule has 7 rings (SSSR count). The normalized spacial score (nSPS) is 27.6. The van der Waals surface area contributed by atoms with Crippen LogP contribution in [0, 0.1) is 17.3 Å². The van der Waals surface area contributed by atoms with Gasteiger partial charge in [-0.15, -0.1) is 0 Å². The number of likely N-dealkylation sites (N-methyl/N-ethyl adjacent to an activating group) is 3. The van der Waals surface area contributed by atoms with Crippen molar-refractivity contribution in [2.45, 2.75) is 140 Å². The molecule has 0 unspecified atom stereocenters. The van der Waals surface area contributed by atoms with Crippen molar-refractivity contribution in [2.75, 3.05) is 65.4 Å². The first kappa shape index (κ1) is 52.9. The first-order valence-electron chi connectivity index (χ1n) is 25.1. The van der Waals surface area contributed by atoms with Gasteiger partial charge in [0.15, 0.2) is 0 Å². The van der Waals surface area contributed by atoms with Crippen molar-refractivity contribution in [3.05, 3.63) is 53.1 Å². The van der Waals surface area contributed by atoms with Crippen molar-refractivity contribution in [1.29, 1.82) is 0 Å². The quantitative estimate of drug-likeness (QED) is 0.253. The van der Waals surface area contributed by atoms with Crippen LogP contribution in [-0.2, 0) is 39.9 Å². The number of amides is 6. The number of benzene rings is 2. The van der Waals surface area contributed by atoms with Crippen molar-refractivity contribution >= 4 is 52.7 Å². The van der Waals surface area contributed by atoms with Crippen LogP contribution in [-0.4, -0.2) is 158 Å². The Labute approximate surface area is 415 Å². The molecule has 384 valence electrons. The summed E-state index contributed by atoms with van der Waals surface area (Å²) in [5, 5.41) is 6.21. The first-order valence-corrected chi connectivity index (χ1v) is 25.5. The number of hydrogen-bond acceptors (Lipinski definition) is 8. The maximum atomic E-state index is 14.9. The van der Waals surface area contributed by atoms with Gasteiger partial charge >= 0.3 is 0 Å². The van der Waals surface area contributed by atoms with Gasteiger partial charge in [0.2, 0.25) is 35.4 Å². The van der Waals surface area contributed by atoms with Crippen LogP contribution >= 0.6 is 11.6 Å². The Kier molecular flexibility index (Phi) is 16.8. The second-order valence-corrected chi connectivity index (χ2v) is 21.4. The van der Waals surface area contributed by atoms with Gasteiger partial charge < -0.3 is 39.9 Å². The fourth-order valence-electron chi connectivity index (χ4n) is 10.4. The SMILES string of the molecule is CC(C)C[C@@H]1NC(=O)[C@@H](N(C)C(=O)[C@@H](NC(=O)[C@@H]2C[C@@H](F)CN2C(=O)[C@@]2(C)CC2(F)F)C2CC2)CCCCCCCN(C)C(=O)[C@H](Cc2cc(Cl)ccc2-c2ccc(N3CCOCC3)cc2)N(C)C1=O. The molecule has 2 aromatic rings. The molecule has 3 saturated heterocycles. The number of ether oxygens (including phenoxy) is 1. The largest absolute Gasteiger partial charge is 0.378 e. The third-order valence-corrected chi connectivity index (χ3v) is 15.4. The van der Waals surface area contributed by atoms with Gasteiger partial charge in [-0.3, -0.25) is 28.8 Å². The molecular formula is C52H71ClF3N7O7. The van der Waals surface area contributed by atoms with Crippen LogP contribution in [0.2, 0.25) is 5.02 Å². The summed E-state index contributed by atoms with van der Waals surface area (Å²) in [6, 6.07) is 8.15. The number of alkyl halides is 3. The maximum absolute atomic E-state index is 14.9. The Hall–Kier alpha value is -4.90. The van der Waals surface area contributed by atoms with Crippen molar-refractivity contribution < 1.29 is 46.7 Å². The fourth-order valence-corrected chi connectivity index (χ4v) is 10.6. The summed E-state index contributed by atoms with van der Waals surface area (Å²) in [5.41, 5.74) is 1.61. The summed E-state index contributed by atoms with van der Waals surface area (Å²) in [4.78, 5) is 93.5. The molecule has 6 amide bonds. The number of likely N-dealkylation sites (tertiary alicyclic amines) is 1. The lowest BCUT2D eigenvalue weighted by atomic mass is 9.93. The summed E-state index contributed by atoms with van der Waals surface area (Å²) >= 11 is 6.65. The van der Waals surface area contributed by atoms with E-state index in [0.29, 0.717) is 50.5 Å². The van der Waals surface area contributed by atoms with E-state index < -0.39 is 96.6 Å². The van der Waals surface area contributed by atoms with Gasteiger partial charge in [0.1, 0.15) is 41.8 Å². The van der Waals surface area contributed by atoms with Gasteiger partial charge in [-0.25, -0.2) is 13.2 Å². The molecule has 2 aromatic carbocycles. The molecule has 0 aromatic heterocycles. The topological polar surface area (TPSA) is 152 Å². The van der Waals surface area contributed by atoms with E-state index in [4.69, 9.17) is 16.3 Å². The van der Waals surface area contributed by atoms with E-state index in [0.717, 1.165) is 66.6 Å². The summed E-state index contributed by atoms with van der Waals surface area (Å²) < 4.78 is 48.9. The lowest BCUT2D eigenvalue weighted by molar-refractivity contribution is -0.148. The highest BCUT2D eigenvalue weighted by Crippen LogP contribution is 2.61. The van der Waals surface area contributed by atoms with E-state index in [2.05, 4.69) is 27.7 Å². The predicted molar refractivity (Wildman–Crippen MR) is 261 cm³/mol. The molecule has 7 atom stereocenters. The van der Waals surface area contributed by atoms with Crippen LogP contribution < -0.4 is 15.5 Å². The minimum atomic E-state index is -3.26. The summed E-state index contributed by atoms with van der Waals surface area (Å²) in [5.74, 6) is -7.30. The van der Waals surface area contributed by atoms with Crippen LogP contribution in [0.25, 0.3) is 11.1 Å². The highest BCUT2D eigenvalue weighted by molar-refractivity contribution is 6.30. The molecule has 5 aliphatic rings. The van der Waals surface area contributed by atoms with Gasteiger partial charge in [0.05, 0.1) is 19.8 Å². The highest BCUT2D eigenvalue weighted by Gasteiger charge is 2.74. The Morgan fingerprint density at radius 3 is 2.23 bits per heavy atom. The smallest absolute Gasteiger partial charge is 0.263 e. The second-order valence-electron chi connectivity index (χ2n) is 20.9. The Balaban J connectivity index is 1.12. The fraction of sp³-hybridized carbons (Fsp3) is 0.654. The molecule has 3 aliphatic heterocycles. The number of nitrogens with one attached hydrogen (secondary N) is 2. The number of hydrogen-bond donors (Lipinski definition) is 2. The van der Waals surface area contributed by atoms with Gasteiger partial charge in [-0.2, -0.15) is 0 Å². The van der Waals surface area contributed by atoms with E-state index >= 15 is 0 Å². The van der Waals surface area contributed by atoms with Gasteiger partial charge in [0, 0.05) is 70.7 Å². The lowest BCUT2D eigenvalue weighted by Crippen LogP contribution is -2.60. The van der Waals surface area contributed by atoms with Crippen LogP contribution in [0.3, 0.4) is 0 Å². The summed E-state index contributed by atoms with van der Waals surface area (Å²) in [6.07, 6.45) is 2.71. The highest BCUT2D eigenvalue weighted by atomic mass is 35.5. The summed E-state index contributed by atoms with van der Waals surface area (Å²) in [6.45, 7) is 7.83. The number of carbonyl (C=O) groups excluding carboxylic acids is 6. The van der Waals surface area contributed by atoms with Gasteiger partial charge in [-0.1, -0.05) is 69.3 Å². The van der Waals surface area contributed by atoms with E-state index in [1.807, 2.05) is 38.1 Å². The predicted octanol–water partition coefficient (Wildman–Crippen LogP) is 6.26. The maximum Gasteiger partial charge on any atom is 0.263 e. The molecule has 0 bridgehead atoms.